The predicted octanol–water partition coefficient (Wildman–Crippen LogP) is 5.53. The Morgan fingerprint density at radius 1 is 1.10 bits per heavy atom. The fraction of sp³-hybridized carbons (Fsp3) is 0.250. The Bertz CT molecular complexity index is 582. The van der Waals surface area contributed by atoms with Crippen LogP contribution in [0.15, 0.2) is 45.3 Å². The summed E-state index contributed by atoms with van der Waals surface area (Å²) in [4.78, 5) is 0. The molecule has 2 rings (SSSR count). The molecule has 0 fully saturated rings. The van der Waals surface area contributed by atoms with Crippen LogP contribution in [0.5, 0.6) is 5.75 Å². The zero-order valence-corrected chi connectivity index (χ0v) is 14.7. The number of nitrogens with one attached hydrogen (secondary N) is 1. The van der Waals surface area contributed by atoms with Gasteiger partial charge in [-0.2, -0.15) is 0 Å². The first kappa shape index (κ1) is 15.4. The Morgan fingerprint density at radius 3 is 2.45 bits per heavy atom. The van der Waals surface area contributed by atoms with Gasteiger partial charge in [0.15, 0.2) is 0 Å². The second-order valence-corrected chi connectivity index (χ2v) is 6.30. The fourth-order valence-electron chi connectivity index (χ4n) is 1.92. The van der Waals surface area contributed by atoms with E-state index in [1.54, 1.807) is 0 Å². The van der Waals surface area contributed by atoms with Crippen molar-refractivity contribution in [3.05, 3.63) is 56.5 Å². The summed E-state index contributed by atoms with van der Waals surface area (Å²) in [5, 5.41) is 3.42. The molecule has 0 heterocycles. The molecule has 4 heteroatoms. The molecular formula is C16H17Br2NO. The number of anilines is 1. The van der Waals surface area contributed by atoms with Crippen LogP contribution in [0.3, 0.4) is 0 Å². The van der Waals surface area contributed by atoms with Crippen molar-refractivity contribution in [2.75, 3.05) is 11.9 Å². The van der Waals surface area contributed by atoms with Crippen molar-refractivity contribution in [1.29, 1.82) is 0 Å². The Morgan fingerprint density at radius 2 is 1.80 bits per heavy atom. The molecule has 0 saturated carbocycles. The maximum atomic E-state index is 5.72. The standard InChI is InChI=1S/C16H17Br2NO/c1-3-20-16-12(8-13(17)9-15(16)18)10-19-14-6-4-11(2)5-7-14/h4-9,19H,3,10H2,1-2H3. The molecule has 106 valence electrons. The van der Waals surface area contributed by atoms with Crippen LogP contribution in [0.25, 0.3) is 0 Å². The first-order valence-electron chi connectivity index (χ1n) is 6.51. The van der Waals surface area contributed by atoms with E-state index < -0.39 is 0 Å². The zero-order valence-electron chi connectivity index (χ0n) is 11.5. The van der Waals surface area contributed by atoms with Crippen LogP contribution in [-0.4, -0.2) is 6.61 Å². The van der Waals surface area contributed by atoms with E-state index in [4.69, 9.17) is 4.74 Å². The summed E-state index contributed by atoms with van der Waals surface area (Å²) in [5.41, 5.74) is 3.48. The maximum Gasteiger partial charge on any atom is 0.138 e. The van der Waals surface area contributed by atoms with E-state index in [1.807, 2.05) is 13.0 Å². The molecular weight excluding hydrogens is 382 g/mol. The molecule has 0 aliphatic rings. The number of halogens is 2. The van der Waals surface area contributed by atoms with Crippen molar-refractivity contribution in [2.45, 2.75) is 20.4 Å². The summed E-state index contributed by atoms with van der Waals surface area (Å²) >= 11 is 7.07. The van der Waals surface area contributed by atoms with Crippen molar-refractivity contribution in [3.63, 3.8) is 0 Å². The SMILES string of the molecule is CCOc1c(Br)cc(Br)cc1CNc1ccc(C)cc1. The molecule has 20 heavy (non-hydrogen) atoms. The minimum absolute atomic E-state index is 0.651. The quantitative estimate of drug-likeness (QED) is 0.714. The summed E-state index contributed by atoms with van der Waals surface area (Å²) in [6, 6.07) is 12.5. The van der Waals surface area contributed by atoms with Crippen molar-refractivity contribution in [3.8, 4) is 5.75 Å². The summed E-state index contributed by atoms with van der Waals surface area (Å²) < 4.78 is 7.73. The summed E-state index contributed by atoms with van der Waals surface area (Å²) in [6.07, 6.45) is 0. The van der Waals surface area contributed by atoms with Gasteiger partial charge in [-0.3, -0.25) is 0 Å². The highest BCUT2D eigenvalue weighted by molar-refractivity contribution is 9.11. The topological polar surface area (TPSA) is 21.3 Å². The lowest BCUT2D eigenvalue weighted by Gasteiger charge is -2.14. The van der Waals surface area contributed by atoms with Crippen LogP contribution < -0.4 is 10.1 Å². The second kappa shape index (κ2) is 7.14. The zero-order chi connectivity index (χ0) is 14.5. The molecule has 0 bridgehead atoms. The summed E-state index contributed by atoms with van der Waals surface area (Å²) in [5.74, 6) is 0.898. The highest BCUT2D eigenvalue weighted by Gasteiger charge is 2.09. The third-order valence-corrected chi connectivity index (χ3v) is 3.96. The highest BCUT2D eigenvalue weighted by Crippen LogP contribution is 2.33. The van der Waals surface area contributed by atoms with Gasteiger partial charge in [-0.25, -0.2) is 0 Å². The monoisotopic (exact) mass is 397 g/mol. The van der Waals surface area contributed by atoms with E-state index >= 15 is 0 Å². The van der Waals surface area contributed by atoms with Gasteiger partial charge < -0.3 is 10.1 Å². The van der Waals surface area contributed by atoms with Crippen molar-refractivity contribution in [1.82, 2.24) is 0 Å². The second-order valence-electron chi connectivity index (χ2n) is 4.53. The molecule has 0 saturated heterocycles. The van der Waals surface area contributed by atoms with Crippen LogP contribution in [0.4, 0.5) is 5.69 Å². The van der Waals surface area contributed by atoms with Gasteiger partial charge in [0.2, 0.25) is 0 Å². The lowest BCUT2D eigenvalue weighted by Crippen LogP contribution is -2.04. The Labute approximate surface area is 136 Å². The lowest BCUT2D eigenvalue weighted by atomic mass is 10.2. The largest absolute Gasteiger partial charge is 0.492 e. The number of hydrogen-bond acceptors (Lipinski definition) is 2. The Balaban J connectivity index is 2.17. The molecule has 1 N–H and O–H groups in total. The first-order valence-corrected chi connectivity index (χ1v) is 8.10. The van der Waals surface area contributed by atoms with E-state index in [0.29, 0.717) is 6.61 Å². The Kier molecular flexibility index (Phi) is 5.49. The summed E-state index contributed by atoms with van der Waals surface area (Å²) in [6.45, 7) is 5.45. The number of aryl methyl sites for hydroxylation is 1. The third kappa shape index (κ3) is 4.00. The van der Waals surface area contributed by atoms with Gasteiger partial charge in [0.1, 0.15) is 5.75 Å². The maximum absolute atomic E-state index is 5.72. The van der Waals surface area contributed by atoms with Gasteiger partial charge >= 0.3 is 0 Å². The van der Waals surface area contributed by atoms with Crippen molar-refractivity contribution < 1.29 is 4.74 Å². The number of rotatable bonds is 5. The van der Waals surface area contributed by atoms with E-state index in [1.165, 1.54) is 5.56 Å². The van der Waals surface area contributed by atoms with E-state index in [2.05, 4.69) is 74.4 Å². The number of benzene rings is 2. The highest BCUT2D eigenvalue weighted by atomic mass is 79.9. The van der Waals surface area contributed by atoms with Crippen LogP contribution in [-0.2, 0) is 6.54 Å². The molecule has 0 aliphatic carbocycles. The predicted molar refractivity (Wildman–Crippen MR) is 91.5 cm³/mol. The minimum atomic E-state index is 0.651. The Hall–Kier alpha value is -1.00. The van der Waals surface area contributed by atoms with Crippen molar-refractivity contribution >= 4 is 37.5 Å². The summed E-state index contributed by atoms with van der Waals surface area (Å²) in [7, 11) is 0. The molecule has 2 nitrogen and oxygen atoms in total. The molecule has 0 aliphatic heterocycles. The van der Waals surface area contributed by atoms with Crippen LogP contribution in [0.2, 0.25) is 0 Å². The van der Waals surface area contributed by atoms with Crippen molar-refractivity contribution in [2.24, 2.45) is 0 Å². The van der Waals surface area contributed by atoms with Gasteiger partial charge in [0.25, 0.3) is 0 Å². The number of ether oxygens (including phenoxy) is 1. The van der Waals surface area contributed by atoms with Gasteiger partial charge in [0, 0.05) is 22.3 Å². The number of hydrogen-bond donors (Lipinski definition) is 1. The third-order valence-electron chi connectivity index (χ3n) is 2.91. The van der Waals surface area contributed by atoms with E-state index in [0.717, 1.165) is 32.5 Å². The molecule has 0 aromatic heterocycles. The van der Waals surface area contributed by atoms with Crippen LogP contribution >= 0.6 is 31.9 Å². The van der Waals surface area contributed by atoms with E-state index in [9.17, 15) is 0 Å². The molecule has 2 aromatic rings. The van der Waals surface area contributed by atoms with Gasteiger partial charge in [-0.1, -0.05) is 33.6 Å². The normalized spacial score (nSPS) is 10.4. The lowest BCUT2D eigenvalue weighted by molar-refractivity contribution is 0.334. The molecule has 0 radical (unpaired) electrons. The van der Waals surface area contributed by atoms with Crippen LogP contribution in [0.1, 0.15) is 18.1 Å². The molecule has 2 aromatic carbocycles. The molecule has 0 unspecified atom stereocenters. The van der Waals surface area contributed by atoms with Gasteiger partial charge in [-0.15, -0.1) is 0 Å². The molecule has 0 atom stereocenters. The average molecular weight is 399 g/mol. The minimum Gasteiger partial charge on any atom is -0.492 e. The van der Waals surface area contributed by atoms with E-state index in [-0.39, 0.29) is 0 Å². The molecule has 0 amide bonds. The average Bonchev–Trinajstić information content (AvgIpc) is 2.41. The van der Waals surface area contributed by atoms with Gasteiger partial charge in [0.05, 0.1) is 11.1 Å². The smallest absolute Gasteiger partial charge is 0.138 e. The fourth-order valence-corrected chi connectivity index (χ4v) is 3.35. The molecule has 0 spiro atoms. The van der Waals surface area contributed by atoms with Crippen LogP contribution in [0, 0.1) is 6.92 Å². The first-order chi connectivity index (χ1) is 9.60. The van der Waals surface area contributed by atoms with Gasteiger partial charge in [-0.05, 0) is 54.0 Å².